The molecule has 2 N–H and O–H groups in total. The van der Waals surface area contributed by atoms with Crippen molar-refractivity contribution in [3.8, 4) is 0 Å². The minimum Gasteiger partial charge on any atom is -0.311 e. The number of fused-ring (bicyclic) bond motifs is 2. The van der Waals surface area contributed by atoms with Crippen LogP contribution in [0.15, 0.2) is 6.20 Å². The van der Waals surface area contributed by atoms with E-state index in [1.165, 1.54) is 30.5 Å². The summed E-state index contributed by atoms with van der Waals surface area (Å²) in [5.41, 5.74) is 2.62. The molecule has 14 heavy (non-hydrogen) atoms. The minimum atomic E-state index is 0.713. The highest BCUT2D eigenvalue weighted by molar-refractivity contribution is 5.17. The standard InChI is InChI=1S/C11H17N3/c1-7-9(6-12-14-7)5-11-8-2-3-10(4-8)13-11/h6,8,10-11,13H,2-5H2,1H3,(H,12,14). The fourth-order valence-corrected chi connectivity index (χ4v) is 3.02. The molecule has 2 aliphatic rings. The maximum Gasteiger partial charge on any atom is 0.0522 e. The predicted octanol–water partition coefficient (Wildman–Crippen LogP) is 1.40. The molecule has 0 amide bonds. The monoisotopic (exact) mass is 191 g/mol. The zero-order valence-electron chi connectivity index (χ0n) is 8.59. The number of aromatic nitrogens is 2. The first-order valence-electron chi connectivity index (χ1n) is 5.58. The molecular weight excluding hydrogens is 174 g/mol. The van der Waals surface area contributed by atoms with Gasteiger partial charge in [0.1, 0.15) is 0 Å². The van der Waals surface area contributed by atoms with E-state index in [1.807, 2.05) is 6.20 Å². The molecule has 0 radical (unpaired) electrons. The van der Waals surface area contributed by atoms with Gasteiger partial charge in [0.2, 0.25) is 0 Å². The highest BCUT2D eigenvalue weighted by Crippen LogP contribution is 2.36. The van der Waals surface area contributed by atoms with Crippen molar-refractivity contribution in [2.24, 2.45) is 5.92 Å². The first-order valence-corrected chi connectivity index (χ1v) is 5.58. The summed E-state index contributed by atoms with van der Waals surface area (Å²) in [4.78, 5) is 0. The molecule has 0 spiro atoms. The Kier molecular flexibility index (Phi) is 1.87. The molecule has 1 aliphatic heterocycles. The summed E-state index contributed by atoms with van der Waals surface area (Å²) >= 11 is 0. The van der Waals surface area contributed by atoms with Crippen molar-refractivity contribution in [1.82, 2.24) is 15.5 Å². The van der Waals surface area contributed by atoms with Crippen molar-refractivity contribution < 1.29 is 0 Å². The largest absolute Gasteiger partial charge is 0.311 e. The number of hydrogen-bond donors (Lipinski definition) is 2. The van der Waals surface area contributed by atoms with Crippen molar-refractivity contribution in [3.63, 3.8) is 0 Å². The smallest absolute Gasteiger partial charge is 0.0522 e. The fraction of sp³-hybridized carbons (Fsp3) is 0.727. The van der Waals surface area contributed by atoms with Gasteiger partial charge in [0, 0.05) is 17.8 Å². The van der Waals surface area contributed by atoms with E-state index in [0.717, 1.165) is 18.4 Å². The lowest BCUT2D eigenvalue weighted by atomic mass is 9.94. The second kappa shape index (κ2) is 3.09. The quantitative estimate of drug-likeness (QED) is 0.742. The van der Waals surface area contributed by atoms with Gasteiger partial charge in [0.05, 0.1) is 6.20 Å². The lowest BCUT2D eigenvalue weighted by Gasteiger charge is -2.22. The van der Waals surface area contributed by atoms with Gasteiger partial charge in [-0.15, -0.1) is 0 Å². The first-order chi connectivity index (χ1) is 6.83. The molecule has 3 nitrogen and oxygen atoms in total. The third kappa shape index (κ3) is 1.27. The molecule has 2 heterocycles. The highest BCUT2D eigenvalue weighted by atomic mass is 15.1. The third-order valence-corrected chi connectivity index (χ3v) is 3.87. The number of hydrogen-bond acceptors (Lipinski definition) is 2. The first kappa shape index (κ1) is 8.48. The van der Waals surface area contributed by atoms with E-state index in [0.29, 0.717) is 6.04 Å². The van der Waals surface area contributed by atoms with Gasteiger partial charge < -0.3 is 5.32 Å². The number of aromatic amines is 1. The zero-order chi connectivity index (χ0) is 9.54. The third-order valence-electron chi connectivity index (χ3n) is 3.87. The van der Waals surface area contributed by atoms with Crippen molar-refractivity contribution in [2.45, 2.75) is 44.7 Å². The maximum atomic E-state index is 4.07. The maximum absolute atomic E-state index is 4.07. The van der Waals surface area contributed by atoms with Gasteiger partial charge >= 0.3 is 0 Å². The van der Waals surface area contributed by atoms with Gasteiger partial charge in [0.25, 0.3) is 0 Å². The second-order valence-electron chi connectivity index (χ2n) is 4.77. The van der Waals surface area contributed by atoms with Gasteiger partial charge in [-0.1, -0.05) is 0 Å². The SMILES string of the molecule is Cc1[nH]ncc1CC1NC2CCC1C2. The van der Waals surface area contributed by atoms with E-state index in [9.17, 15) is 0 Å². The van der Waals surface area contributed by atoms with E-state index >= 15 is 0 Å². The molecule has 3 heteroatoms. The van der Waals surface area contributed by atoms with Gasteiger partial charge in [-0.3, -0.25) is 5.10 Å². The van der Waals surface area contributed by atoms with Crippen LogP contribution in [0.4, 0.5) is 0 Å². The second-order valence-corrected chi connectivity index (χ2v) is 4.77. The number of rotatable bonds is 2. The Balaban J connectivity index is 1.71. The minimum absolute atomic E-state index is 0.713. The molecule has 76 valence electrons. The topological polar surface area (TPSA) is 40.7 Å². The Morgan fingerprint density at radius 2 is 2.43 bits per heavy atom. The van der Waals surface area contributed by atoms with Crippen LogP contribution in [0.25, 0.3) is 0 Å². The molecule has 1 aromatic rings. The summed E-state index contributed by atoms with van der Waals surface area (Å²) in [5.74, 6) is 0.925. The molecule has 3 unspecified atom stereocenters. The van der Waals surface area contributed by atoms with Crippen LogP contribution in [0.3, 0.4) is 0 Å². The summed E-state index contributed by atoms with van der Waals surface area (Å²) in [6.07, 6.45) is 7.36. The van der Waals surface area contributed by atoms with Gasteiger partial charge in [-0.25, -0.2) is 0 Å². The average molecular weight is 191 g/mol. The van der Waals surface area contributed by atoms with Crippen molar-refractivity contribution in [2.75, 3.05) is 0 Å². The van der Waals surface area contributed by atoms with E-state index in [4.69, 9.17) is 0 Å². The lowest BCUT2D eigenvalue weighted by molar-refractivity contribution is 0.379. The molecule has 1 aliphatic carbocycles. The molecule has 3 rings (SSSR count). The summed E-state index contributed by atoms with van der Waals surface area (Å²) in [7, 11) is 0. The van der Waals surface area contributed by atoms with Crippen LogP contribution in [0, 0.1) is 12.8 Å². The molecule has 3 atom stereocenters. The Morgan fingerprint density at radius 1 is 1.50 bits per heavy atom. The zero-order valence-corrected chi connectivity index (χ0v) is 8.59. The fourth-order valence-electron chi connectivity index (χ4n) is 3.02. The Morgan fingerprint density at radius 3 is 3.00 bits per heavy atom. The van der Waals surface area contributed by atoms with E-state index < -0.39 is 0 Å². The number of aryl methyl sites for hydroxylation is 1. The van der Waals surface area contributed by atoms with Crippen LogP contribution in [0.5, 0.6) is 0 Å². The Hall–Kier alpha value is -0.830. The van der Waals surface area contributed by atoms with Gasteiger partial charge in [-0.05, 0) is 44.1 Å². The van der Waals surface area contributed by atoms with Crippen LogP contribution >= 0.6 is 0 Å². The normalized spacial score (nSPS) is 35.4. The summed E-state index contributed by atoms with van der Waals surface area (Å²) < 4.78 is 0. The number of nitrogens with zero attached hydrogens (tertiary/aromatic N) is 1. The molecule has 1 saturated heterocycles. The van der Waals surface area contributed by atoms with Crippen molar-refractivity contribution in [3.05, 3.63) is 17.5 Å². The number of piperidine rings is 1. The molecule has 0 aromatic carbocycles. The summed E-state index contributed by atoms with van der Waals surface area (Å²) in [6.45, 7) is 2.11. The summed E-state index contributed by atoms with van der Waals surface area (Å²) in [6, 6.07) is 1.53. The van der Waals surface area contributed by atoms with E-state index in [-0.39, 0.29) is 0 Å². The van der Waals surface area contributed by atoms with Gasteiger partial charge in [0.15, 0.2) is 0 Å². The van der Waals surface area contributed by atoms with Crippen LogP contribution in [-0.2, 0) is 6.42 Å². The molecular formula is C11H17N3. The van der Waals surface area contributed by atoms with Crippen molar-refractivity contribution in [1.29, 1.82) is 0 Å². The van der Waals surface area contributed by atoms with Gasteiger partial charge in [-0.2, -0.15) is 5.10 Å². The molecule has 1 aromatic heterocycles. The predicted molar refractivity (Wildman–Crippen MR) is 55.1 cm³/mol. The number of nitrogens with one attached hydrogen (secondary N) is 2. The number of H-pyrrole nitrogens is 1. The van der Waals surface area contributed by atoms with Crippen LogP contribution in [0.1, 0.15) is 30.5 Å². The van der Waals surface area contributed by atoms with Crippen LogP contribution in [0.2, 0.25) is 0 Å². The average Bonchev–Trinajstić information content (AvgIpc) is 2.83. The summed E-state index contributed by atoms with van der Waals surface area (Å²) in [5, 5.41) is 10.8. The molecule has 2 fully saturated rings. The molecule has 1 saturated carbocycles. The molecule has 2 bridgehead atoms. The Labute approximate surface area is 84.3 Å². The lowest BCUT2D eigenvalue weighted by Crippen LogP contribution is -2.37. The van der Waals surface area contributed by atoms with E-state index in [1.54, 1.807) is 0 Å². The highest BCUT2D eigenvalue weighted by Gasteiger charge is 2.38. The van der Waals surface area contributed by atoms with Crippen LogP contribution < -0.4 is 5.32 Å². The van der Waals surface area contributed by atoms with Crippen molar-refractivity contribution >= 4 is 0 Å². The Bertz CT molecular complexity index is 331. The van der Waals surface area contributed by atoms with E-state index in [2.05, 4.69) is 22.4 Å². The van der Waals surface area contributed by atoms with Crippen LogP contribution in [-0.4, -0.2) is 22.3 Å².